The topological polar surface area (TPSA) is 85.0 Å². The summed E-state index contributed by atoms with van der Waals surface area (Å²) in [6.07, 6.45) is 0.805. The molecule has 3 rings (SSSR count). The molecule has 0 radical (unpaired) electrons. The fourth-order valence-corrected chi connectivity index (χ4v) is 2.84. The first kappa shape index (κ1) is 16.0. The first-order chi connectivity index (χ1) is 11.6. The summed E-state index contributed by atoms with van der Waals surface area (Å²) in [6, 6.07) is 6.88. The Kier molecular flexibility index (Phi) is 4.24. The summed E-state index contributed by atoms with van der Waals surface area (Å²) in [5, 5.41) is 13.4. The second-order valence-corrected chi connectivity index (χ2v) is 5.61. The largest absolute Gasteiger partial charge is 0.507 e. The average Bonchev–Trinajstić information content (AvgIpc) is 2.88. The summed E-state index contributed by atoms with van der Waals surface area (Å²) in [5.41, 5.74) is 1.91. The van der Waals surface area contributed by atoms with Crippen LogP contribution in [0, 0.1) is 0 Å². The summed E-state index contributed by atoms with van der Waals surface area (Å²) in [7, 11) is 1.87. The number of nitrogens with one attached hydrogen (secondary N) is 1. The third-order valence-electron chi connectivity index (χ3n) is 3.94. The van der Waals surface area contributed by atoms with Crippen molar-refractivity contribution in [3.05, 3.63) is 34.7 Å². The van der Waals surface area contributed by atoms with Gasteiger partial charge in [0.2, 0.25) is 5.95 Å². The molecule has 0 spiro atoms. The van der Waals surface area contributed by atoms with Crippen molar-refractivity contribution in [3.63, 3.8) is 0 Å². The minimum Gasteiger partial charge on any atom is -0.507 e. The normalized spacial score (nSPS) is 11.1. The number of imidazole rings is 1. The van der Waals surface area contributed by atoms with Crippen LogP contribution < -0.4 is 11.0 Å². The van der Waals surface area contributed by atoms with E-state index >= 15 is 0 Å². The Morgan fingerprint density at radius 1 is 1.21 bits per heavy atom. The molecule has 2 aromatic heterocycles. The zero-order valence-corrected chi connectivity index (χ0v) is 14.1. The number of hydrogen-bond donors (Lipinski definition) is 2. The van der Waals surface area contributed by atoms with E-state index in [9.17, 15) is 9.90 Å². The number of aromatic hydroxyl groups is 1. The highest BCUT2D eigenvalue weighted by atomic mass is 16.3. The maximum atomic E-state index is 12.5. The minimum absolute atomic E-state index is 0.0881. The van der Waals surface area contributed by atoms with Gasteiger partial charge >= 0.3 is 5.69 Å². The summed E-state index contributed by atoms with van der Waals surface area (Å²) in [5.74, 6) is 0.756. The van der Waals surface area contributed by atoms with E-state index in [1.165, 1.54) is 0 Å². The molecular formula is C17H21N5O2. The van der Waals surface area contributed by atoms with E-state index in [4.69, 9.17) is 0 Å². The van der Waals surface area contributed by atoms with E-state index in [1.807, 2.05) is 31.5 Å². The summed E-state index contributed by atoms with van der Waals surface area (Å²) in [4.78, 5) is 21.3. The standard InChI is InChI=1S/C17H21N5O2/c1-4-10-22-15-14(21(3)16(20-15)18-5-2)13(19-17(22)24)11-8-6-7-9-12(11)23/h6-9,23H,4-5,10H2,1-3H3,(H,18,20). The molecule has 126 valence electrons. The number of anilines is 1. The van der Waals surface area contributed by atoms with Gasteiger partial charge in [0, 0.05) is 25.7 Å². The average molecular weight is 327 g/mol. The number of aromatic nitrogens is 4. The molecule has 0 amide bonds. The van der Waals surface area contributed by atoms with Gasteiger partial charge < -0.3 is 15.0 Å². The number of phenolic OH excluding ortho intramolecular Hbond substituents is 1. The molecule has 0 saturated heterocycles. The number of fused-ring (bicyclic) bond motifs is 1. The molecular weight excluding hydrogens is 306 g/mol. The van der Waals surface area contributed by atoms with Crippen LogP contribution in [0.4, 0.5) is 5.95 Å². The van der Waals surface area contributed by atoms with Crippen LogP contribution in [0.25, 0.3) is 22.4 Å². The first-order valence-electron chi connectivity index (χ1n) is 8.08. The molecule has 3 aromatic rings. The van der Waals surface area contributed by atoms with Crippen LogP contribution in [0.15, 0.2) is 29.1 Å². The molecule has 0 saturated carbocycles. The van der Waals surface area contributed by atoms with Gasteiger partial charge in [-0.1, -0.05) is 19.1 Å². The Morgan fingerprint density at radius 2 is 1.96 bits per heavy atom. The number of para-hydroxylation sites is 1. The van der Waals surface area contributed by atoms with Crippen molar-refractivity contribution in [3.8, 4) is 17.0 Å². The van der Waals surface area contributed by atoms with Crippen molar-refractivity contribution in [2.75, 3.05) is 11.9 Å². The van der Waals surface area contributed by atoms with Gasteiger partial charge in [0.1, 0.15) is 17.0 Å². The molecule has 0 aliphatic carbocycles. The van der Waals surface area contributed by atoms with Crippen molar-refractivity contribution in [1.82, 2.24) is 19.1 Å². The van der Waals surface area contributed by atoms with Crippen molar-refractivity contribution < 1.29 is 5.11 Å². The van der Waals surface area contributed by atoms with Crippen molar-refractivity contribution in [2.24, 2.45) is 7.05 Å². The van der Waals surface area contributed by atoms with Crippen LogP contribution >= 0.6 is 0 Å². The molecule has 2 N–H and O–H groups in total. The molecule has 7 nitrogen and oxygen atoms in total. The van der Waals surface area contributed by atoms with Crippen molar-refractivity contribution in [1.29, 1.82) is 0 Å². The van der Waals surface area contributed by atoms with Crippen LogP contribution in [-0.2, 0) is 13.6 Å². The predicted octanol–water partition coefficient (Wildman–Crippen LogP) is 2.34. The van der Waals surface area contributed by atoms with Gasteiger partial charge in [0.15, 0.2) is 5.65 Å². The fraction of sp³-hybridized carbons (Fsp3) is 0.353. The Morgan fingerprint density at radius 3 is 2.62 bits per heavy atom. The maximum Gasteiger partial charge on any atom is 0.349 e. The Labute approximate surface area is 139 Å². The lowest BCUT2D eigenvalue weighted by molar-refractivity contribution is 0.477. The number of aryl methyl sites for hydroxylation is 2. The fourth-order valence-electron chi connectivity index (χ4n) is 2.84. The predicted molar refractivity (Wildman–Crippen MR) is 94.3 cm³/mol. The second-order valence-electron chi connectivity index (χ2n) is 5.61. The quantitative estimate of drug-likeness (QED) is 0.751. The molecule has 0 atom stereocenters. The van der Waals surface area contributed by atoms with Gasteiger partial charge in [-0.3, -0.25) is 4.57 Å². The zero-order valence-electron chi connectivity index (χ0n) is 14.1. The van der Waals surface area contributed by atoms with Crippen LogP contribution in [0.1, 0.15) is 20.3 Å². The van der Waals surface area contributed by atoms with Gasteiger partial charge in [0.05, 0.1) is 0 Å². The van der Waals surface area contributed by atoms with Crippen LogP contribution in [0.3, 0.4) is 0 Å². The van der Waals surface area contributed by atoms with Crippen LogP contribution in [0.5, 0.6) is 5.75 Å². The molecule has 0 fully saturated rings. The van der Waals surface area contributed by atoms with E-state index in [0.29, 0.717) is 35.9 Å². The Hall–Kier alpha value is -2.83. The monoisotopic (exact) mass is 327 g/mol. The van der Waals surface area contributed by atoms with Crippen LogP contribution in [0.2, 0.25) is 0 Å². The highest BCUT2D eigenvalue weighted by molar-refractivity contribution is 5.91. The highest BCUT2D eigenvalue weighted by Gasteiger charge is 2.20. The third kappa shape index (κ3) is 2.51. The van der Waals surface area contributed by atoms with Gasteiger partial charge in [-0.05, 0) is 25.5 Å². The van der Waals surface area contributed by atoms with E-state index in [2.05, 4.69) is 15.3 Å². The van der Waals surface area contributed by atoms with Gasteiger partial charge in [-0.25, -0.2) is 4.79 Å². The molecule has 2 heterocycles. The van der Waals surface area contributed by atoms with E-state index < -0.39 is 0 Å². The van der Waals surface area contributed by atoms with E-state index in [-0.39, 0.29) is 11.4 Å². The number of hydrogen-bond acceptors (Lipinski definition) is 5. The van der Waals surface area contributed by atoms with Gasteiger partial charge in [-0.15, -0.1) is 0 Å². The number of nitrogens with zero attached hydrogens (tertiary/aromatic N) is 4. The molecule has 0 aliphatic heterocycles. The SMILES string of the molecule is CCCn1c(=O)nc(-c2ccccc2O)c2c1nc(NCC)n2C. The highest BCUT2D eigenvalue weighted by Crippen LogP contribution is 2.32. The lowest BCUT2D eigenvalue weighted by atomic mass is 10.1. The number of rotatable bonds is 5. The minimum atomic E-state index is -0.358. The second kappa shape index (κ2) is 6.35. The first-order valence-corrected chi connectivity index (χ1v) is 8.08. The molecule has 24 heavy (non-hydrogen) atoms. The summed E-state index contributed by atoms with van der Waals surface area (Å²) < 4.78 is 3.46. The smallest absolute Gasteiger partial charge is 0.349 e. The zero-order chi connectivity index (χ0) is 17.3. The number of phenols is 1. The Bertz CT molecular complexity index is 942. The molecule has 0 bridgehead atoms. The molecule has 0 aliphatic rings. The number of benzene rings is 1. The van der Waals surface area contributed by atoms with Crippen molar-refractivity contribution >= 4 is 17.1 Å². The van der Waals surface area contributed by atoms with Crippen LogP contribution in [-0.4, -0.2) is 30.8 Å². The molecule has 0 unspecified atom stereocenters. The maximum absolute atomic E-state index is 12.5. The van der Waals surface area contributed by atoms with Crippen molar-refractivity contribution in [2.45, 2.75) is 26.8 Å². The molecule has 1 aromatic carbocycles. The summed E-state index contributed by atoms with van der Waals surface area (Å²) >= 11 is 0. The van der Waals surface area contributed by atoms with Gasteiger partial charge in [-0.2, -0.15) is 9.97 Å². The lowest BCUT2D eigenvalue weighted by Crippen LogP contribution is -2.24. The molecule has 7 heteroatoms. The lowest BCUT2D eigenvalue weighted by Gasteiger charge is -2.10. The summed E-state index contributed by atoms with van der Waals surface area (Å²) in [6.45, 7) is 5.25. The Balaban J connectivity index is 2.40. The third-order valence-corrected chi connectivity index (χ3v) is 3.94. The van der Waals surface area contributed by atoms with E-state index in [1.54, 1.807) is 22.8 Å². The van der Waals surface area contributed by atoms with Gasteiger partial charge in [0.25, 0.3) is 0 Å². The van der Waals surface area contributed by atoms with E-state index in [0.717, 1.165) is 11.9 Å².